The number of benzene rings is 6. The van der Waals surface area contributed by atoms with E-state index >= 15 is 0 Å². The van der Waals surface area contributed by atoms with Crippen molar-refractivity contribution in [2.24, 2.45) is 0 Å². The molecule has 0 atom stereocenters. The van der Waals surface area contributed by atoms with Crippen LogP contribution in [0, 0.1) is 0 Å². The Morgan fingerprint density at radius 3 is 0.783 bits per heavy atom. The molecule has 0 amide bonds. The zero-order valence-electron chi connectivity index (χ0n) is 27.9. The second-order valence-corrected chi connectivity index (χ2v) is 14.0. The zero-order chi connectivity index (χ0) is 32.3. The SMILES string of the molecule is CC(C)(C)c1ccc(N(c2ccc(-c3ccc(N(c4ccccc4)c4ccccc4)cc3)cc2)c2ccc(C(C)(C)C)cc2)cc1. The van der Waals surface area contributed by atoms with Crippen LogP contribution in [0.2, 0.25) is 0 Å². The van der Waals surface area contributed by atoms with Gasteiger partial charge in [-0.1, -0.05) is 126 Å². The second-order valence-electron chi connectivity index (χ2n) is 14.0. The minimum atomic E-state index is 0.105. The number of para-hydroxylation sites is 2. The largest absolute Gasteiger partial charge is 0.311 e. The van der Waals surface area contributed by atoms with Gasteiger partial charge in [-0.25, -0.2) is 0 Å². The van der Waals surface area contributed by atoms with Crippen molar-refractivity contribution in [1.29, 1.82) is 0 Å². The van der Waals surface area contributed by atoms with Crippen LogP contribution in [0.15, 0.2) is 158 Å². The highest BCUT2D eigenvalue weighted by atomic mass is 15.1. The maximum Gasteiger partial charge on any atom is 0.0462 e. The van der Waals surface area contributed by atoms with Gasteiger partial charge in [-0.2, -0.15) is 0 Å². The fraction of sp³-hybridized carbons (Fsp3) is 0.182. The Hall–Kier alpha value is -5.08. The third-order valence-electron chi connectivity index (χ3n) is 8.60. The van der Waals surface area contributed by atoms with E-state index in [2.05, 4.69) is 209 Å². The van der Waals surface area contributed by atoms with Crippen LogP contribution in [-0.4, -0.2) is 0 Å². The van der Waals surface area contributed by atoms with Gasteiger partial charge < -0.3 is 9.80 Å². The lowest BCUT2D eigenvalue weighted by atomic mass is 9.86. The van der Waals surface area contributed by atoms with Crippen molar-refractivity contribution in [2.45, 2.75) is 52.4 Å². The van der Waals surface area contributed by atoms with Gasteiger partial charge in [0.25, 0.3) is 0 Å². The molecule has 2 heteroatoms. The number of nitrogens with zero attached hydrogens (tertiary/aromatic N) is 2. The minimum Gasteiger partial charge on any atom is -0.311 e. The monoisotopic (exact) mass is 600 g/mol. The molecule has 0 aliphatic carbocycles. The van der Waals surface area contributed by atoms with Crippen molar-refractivity contribution in [1.82, 2.24) is 0 Å². The summed E-state index contributed by atoms with van der Waals surface area (Å²) < 4.78 is 0. The molecular formula is C44H44N2. The number of hydrogen-bond donors (Lipinski definition) is 0. The molecule has 230 valence electrons. The molecular weight excluding hydrogens is 556 g/mol. The first-order chi connectivity index (χ1) is 22.1. The van der Waals surface area contributed by atoms with E-state index in [1.54, 1.807) is 0 Å². The number of anilines is 6. The molecule has 0 unspecified atom stereocenters. The molecule has 0 heterocycles. The molecule has 0 bridgehead atoms. The number of hydrogen-bond acceptors (Lipinski definition) is 2. The molecule has 2 nitrogen and oxygen atoms in total. The van der Waals surface area contributed by atoms with Gasteiger partial charge in [0.05, 0.1) is 0 Å². The molecule has 0 saturated heterocycles. The van der Waals surface area contributed by atoms with Crippen molar-refractivity contribution in [2.75, 3.05) is 9.80 Å². The van der Waals surface area contributed by atoms with Crippen LogP contribution in [0.4, 0.5) is 34.1 Å². The van der Waals surface area contributed by atoms with Gasteiger partial charge in [0.1, 0.15) is 0 Å². The van der Waals surface area contributed by atoms with Crippen molar-refractivity contribution in [3.05, 3.63) is 169 Å². The van der Waals surface area contributed by atoms with Crippen molar-refractivity contribution in [3.8, 4) is 11.1 Å². The first-order valence-electron chi connectivity index (χ1n) is 16.2. The molecule has 46 heavy (non-hydrogen) atoms. The smallest absolute Gasteiger partial charge is 0.0462 e. The van der Waals surface area contributed by atoms with Crippen LogP contribution >= 0.6 is 0 Å². The van der Waals surface area contributed by atoms with Crippen LogP contribution in [-0.2, 0) is 10.8 Å². The zero-order valence-corrected chi connectivity index (χ0v) is 27.9. The first-order valence-corrected chi connectivity index (χ1v) is 16.2. The molecule has 0 saturated carbocycles. The first kappa shape index (κ1) is 30.9. The van der Waals surface area contributed by atoms with Crippen LogP contribution in [0.25, 0.3) is 11.1 Å². The summed E-state index contributed by atoms with van der Waals surface area (Å²) in [7, 11) is 0. The standard InChI is InChI=1S/C44H44N2/c1-43(2,3)35-21-29-41(30-22-35)46(42-31-23-36(24-32-42)44(4,5)6)40-27-19-34(20-28-40)33-17-25-39(26-18-33)45(37-13-9-7-10-14-37)38-15-11-8-12-16-38/h7-32H,1-6H3. The van der Waals surface area contributed by atoms with Gasteiger partial charge in [0.15, 0.2) is 0 Å². The lowest BCUT2D eigenvalue weighted by Crippen LogP contribution is -2.14. The van der Waals surface area contributed by atoms with Gasteiger partial charge in [-0.05, 0) is 106 Å². The topological polar surface area (TPSA) is 6.48 Å². The van der Waals surface area contributed by atoms with Gasteiger partial charge in [-0.3, -0.25) is 0 Å². The summed E-state index contributed by atoms with van der Waals surface area (Å²) in [4.78, 5) is 4.64. The second kappa shape index (κ2) is 12.7. The van der Waals surface area contributed by atoms with E-state index < -0.39 is 0 Å². The Morgan fingerprint density at radius 1 is 0.283 bits per heavy atom. The van der Waals surface area contributed by atoms with E-state index in [0.717, 1.165) is 34.1 Å². The summed E-state index contributed by atoms with van der Waals surface area (Å²) in [6, 6.07) is 56.9. The van der Waals surface area contributed by atoms with Gasteiger partial charge in [0.2, 0.25) is 0 Å². The molecule has 0 N–H and O–H groups in total. The Bertz CT molecular complexity index is 1740. The summed E-state index contributed by atoms with van der Waals surface area (Å²) in [5.41, 5.74) is 12.1. The fourth-order valence-electron chi connectivity index (χ4n) is 5.88. The van der Waals surface area contributed by atoms with Crippen molar-refractivity contribution in [3.63, 3.8) is 0 Å². The molecule has 0 aliphatic heterocycles. The molecule has 6 rings (SSSR count). The van der Waals surface area contributed by atoms with E-state index in [-0.39, 0.29) is 10.8 Å². The summed E-state index contributed by atoms with van der Waals surface area (Å²) >= 11 is 0. The van der Waals surface area contributed by atoms with E-state index in [4.69, 9.17) is 0 Å². The van der Waals surface area contributed by atoms with E-state index in [1.807, 2.05) is 0 Å². The van der Waals surface area contributed by atoms with E-state index in [9.17, 15) is 0 Å². The highest BCUT2D eigenvalue weighted by molar-refractivity contribution is 5.80. The Labute approximate surface area is 275 Å². The quantitative estimate of drug-likeness (QED) is 0.180. The predicted molar refractivity (Wildman–Crippen MR) is 199 cm³/mol. The molecule has 0 spiro atoms. The third kappa shape index (κ3) is 6.77. The molecule has 6 aromatic rings. The van der Waals surface area contributed by atoms with Crippen molar-refractivity contribution < 1.29 is 0 Å². The van der Waals surface area contributed by atoms with E-state index in [0.29, 0.717) is 0 Å². The average Bonchev–Trinajstić information content (AvgIpc) is 3.06. The average molecular weight is 601 g/mol. The predicted octanol–water partition coefficient (Wildman–Crippen LogP) is 12.9. The van der Waals surface area contributed by atoms with Gasteiger partial charge in [0, 0.05) is 34.1 Å². The van der Waals surface area contributed by atoms with Crippen LogP contribution in [0.5, 0.6) is 0 Å². The Balaban J connectivity index is 1.32. The van der Waals surface area contributed by atoms with Gasteiger partial charge in [-0.15, -0.1) is 0 Å². The minimum absolute atomic E-state index is 0.105. The normalized spacial score (nSPS) is 11.7. The maximum absolute atomic E-state index is 2.35. The van der Waals surface area contributed by atoms with Crippen LogP contribution < -0.4 is 9.80 Å². The molecule has 0 radical (unpaired) electrons. The fourth-order valence-corrected chi connectivity index (χ4v) is 5.88. The highest BCUT2D eigenvalue weighted by Gasteiger charge is 2.19. The van der Waals surface area contributed by atoms with Crippen LogP contribution in [0.1, 0.15) is 52.7 Å². The Morgan fingerprint density at radius 2 is 0.522 bits per heavy atom. The van der Waals surface area contributed by atoms with Crippen LogP contribution in [0.3, 0.4) is 0 Å². The molecule has 0 aromatic heterocycles. The molecule has 0 fully saturated rings. The molecule has 6 aromatic carbocycles. The number of rotatable bonds is 7. The summed E-state index contributed by atoms with van der Waals surface area (Å²) in [6.45, 7) is 13.6. The lowest BCUT2D eigenvalue weighted by Gasteiger charge is -2.28. The highest BCUT2D eigenvalue weighted by Crippen LogP contribution is 2.39. The lowest BCUT2D eigenvalue weighted by molar-refractivity contribution is 0.590. The van der Waals surface area contributed by atoms with Crippen molar-refractivity contribution >= 4 is 34.1 Å². The summed E-state index contributed by atoms with van der Waals surface area (Å²) in [5, 5.41) is 0. The summed E-state index contributed by atoms with van der Waals surface area (Å²) in [6.07, 6.45) is 0. The molecule has 0 aliphatic rings. The third-order valence-corrected chi connectivity index (χ3v) is 8.60. The van der Waals surface area contributed by atoms with Gasteiger partial charge >= 0.3 is 0 Å². The summed E-state index contributed by atoms with van der Waals surface area (Å²) in [5.74, 6) is 0. The maximum atomic E-state index is 2.35. The van der Waals surface area contributed by atoms with E-state index in [1.165, 1.54) is 22.3 Å². The Kier molecular flexibility index (Phi) is 8.56.